The molecule has 2 heterocycles. The molecule has 3 nitrogen and oxygen atoms in total. The van der Waals surface area contributed by atoms with Crippen LogP contribution in [-0.4, -0.2) is 5.91 Å². The van der Waals surface area contributed by atoms with Crippen molar-refractivity contribution in [1.29, 1.82) is 0 Å². The lowest BCUT2D eigenvalue weighted by Crippen LogP contribution is -2.22. The van der Waals surface area contributed by atoms with Crippen LogP contribution in [0.5, 0.6) is 0 Å². The minimum absolute atomic E-state index is 0.121. The number of benzene rings is 1. The van der Waals surface area contributed by atoms with Gasteiger partial charge in [0.2, 0.25) is 0 Å². The Bertz CT molecular complexity index is 778. The number of amides is 1. The number of carbonyl (C=O) groups is 1. The number of nitrogen functional groups attached to an aromatic ring is 1. The summed E-state index contributed by atoms with van der Waals surface area (Å²) >= 11 is 6.49. The van der Waals surface area contributed by atoms with E-state index in [0.717, 1.165) is 19.4 Å². The quantitative estimate of drug-likeness (QED) is 0.728. The van der Waals surface area contributed by atoms with Gasteiger partial charge in [-0.2, -0.15) is 0 Å². The Morgan fingerprint density at radius 2 is 2.10 bits per heavy atom. The van der Waals surface area contributed by atoms with E-state index < -0.39 is 0 Å². The highest BCUT2D eigenvalue weighted by Gasteiger charge is 2.16. The number of hydrogen-bond acceptors (Lipinski definition) is 4. The lowest BCUT2D eigenvalue weighted by Gasteiger charge is -2.03. The number of halogens is 1. The average molecular weight is 367 g/mol. The molecule has 1 amide bonds. The standard InChI is InChI=1S/C14H11BrN2OS2/c15-9-5-6-19-11(9)7-17-14(18)13-12(16)8-3-1-2-4-10(8)20-13/h1-6H,7,16H2,(H,17,18). The van der Waals surface area contributed by atoms with Gasteiger partial charge in [0.05, 0.1) is 12.2 Å². The van der Waals surface area contributed by atoms with Gasteiger partial charge in [-0.3, -0.25) is 4.79 Å². The number of nitrogens with one attached hydrogen (secondary N) is 1. The van der Waals surface area contributed by atoms with Gasteiger partial charge in [0, 0.05) is 19.4 Å². The zero-order valence-corrected chi connectivity index (χ0v) is 13.6. The molecular formula is C14H11BrN2OS2. The normalized spacial score (nSPS) is 10.8. The van der Waals surface area contributed by atoms with Gasteiger partial charge in [-0.15, -0.1) is 22.7 Å². The molecule has 6 heteroatoms. The molecule has 0 unspecified atom stereocenters. The van der Waals surface area contributed by atoms with Crippen LogP contribution < -0.4 is 11.1 Å². The number of nitrogens with two attached hydrogens (primary N) is 1. The molecule has 0 spiro atoms. The molecule has 0 atom stereocenters. The van der Waals surface area contributed by atoms with Gasteiger partial charge < -0.3 is 11.1 Å². The van der Waals surface area contributed by atoms with Crippen LogP contribution >= 0.6 is 38.6 Å². The molecule has 0 saturated heterocycles. The van der Waals surface area contributed by atoms with Crippen LogP contribution in [0.25, 0.3) is 10.1 Å². The zero-order valence-electron chi connectivity index (χ0n) is 10.4. The average Bonchev–Trinajstić information content (AvgIpc) is 3.01. The maximum atomic E-state index is 12.3. The molecule has 0 aliphatic heterocycles. The highest BCUT2D eigenvalue weighted by molar-refractivity contribution is 9.10. The van der Waals surface area contributed by atoms with Crippen molar-refractivity contribution in [3.8, 4) is 0 Å². The summed E-state index contributed by atoms with van der Waals surface area (Å²) in [5, 5.41) is 5.85. The van der Waals surface area contributed by atoms with Crippen molar-refractivity contribution in [2.45, 2.75) is 6.54 Å². The minimum atomic E-state index is -0.121. The third kappa shape index (κ3) is 2.46. The molecule has 1 aromatic carbocycles. The van der Waals surface area contributed by atoms with Crippen molar-refractivity contribution in [1.82, 2.24) is 5.32 Å². The van der Waals surface area contributed by atoms with Crippen molar-refractivity contribution >= 4 is 60.3 Å². The van der Waals surface area contributed by atoms with Crippen molar-refractivity contribution in [3.05, 3.63) is 49.9 Å². The van der Waals surface area contributed by atoms with E-state index in [1.54, 1.807) is 11.3 Å². The zero-order chi connectivity index (χ0) is 14.1. The fraction of sp³-hybridized carbons (Fsp3) is 0.0714. The van der Waals surface area contributed by atoms with Crippen LogP contribution in [0.1, 0.15) is 14.5 Å². The number of hydrogen-bond donors (Lipinski definition) is 2. The molecule has 2 aromatic heterocycles. The molecule has 20 heavy (non-hydrogen) atoms. The van der Waals surface area contributed by atoms with Crippen LogP contribution in [0, 0.1) is 0 Å². The van der Waals surface area contributed by atoms with Crippen LogP contribution in [0.2, 0.25) is 0 Å². The molecule has 102 valence electrons. The Labute approximate surface area is 132 Å². The monoisotopic (exact) mass is 366 g/mol. The van der Waals surface area contributed by atoms with Crippen LogP contribution in [0.4, 0.5) is 5.69 Å². The summed E-state index contributed by atoms with van der Waals surface area (Å²) < 4.78 is 2.06. The third-order valence-corrected chi connectivity index (χ3v) is 6.05. The van der Waals surface area contributed by atoms with Gasteiger partial charge in [0.25, 0.3) is 5.91 Å². The maximum absolute atomic E-state index is 12.3. The first-order valence-electron chi connectivity index (χ1n) is 5.94. The second-order valence-electron chi connectivity index (χ2n) is 4.22. The summed E-state index contributed by atoms with van der Waals surface area (Å²) in [4.78, 5) is 13.9. The fourth-order valence-corrected chi connectivity index (χ4v) is 4.40. The maximum Gasteiger partial charge on any atom is 0.263 e. The first-order chi connectivity index (χ1) is 9.66. The summed E-state index contributed by atoms with van der Waals surface area (Å²) in [7, 11) is 0. The molecule has 0 radical (unpaired) electrons. The highest BCUT2D eigenvalue weighted by Crippen LogP contribution is 2.33. The van der Waals surface area contributed by atoms with Gasteiger partial charge in [-0.1, -0.05) is 18.2 Å². The molecule has 0 bridgehead atoms. The molecule has 0 saturated carbocycles. The van der Waals surface area contributed by atoms with E-state index in [9.17, 15) is 4.79 Å². The lowest BCUT2D eigenvalue weighted by atomic mass is 10.2. The van der Waals surface area contributed by atoms with E-state index in [4.69, 9.17) is 5.73 Å². The van der Waals surface area contributed by atoms with Crippen molar-refractivity contribution < 1.29 is 4.79 Å². The Hall–Kier alpha value is -1.37. The summed E-state index contributed by atoms with van der Waals surface area (Å²) in [5.41, 5.74) is 6.62. The second kappa shape index (κ2) is 5.55. The van der Waals surface area contributed by atoms with Crippen LogP contribution in [0.15, 0.2) is 40.2 Å². The lowest BCUT2D eigenvalue weighted by molar-refractivity contribution is 0.0956. The molecule has 0 aliphatic carbocycles. The van der Waals surface area contributed by atoms with E-state index in [2.05, 4.69) is 21.2 Å². The van der Waals surface area contributed by atoms with Gasteiger partial charge in [0.15, 0.2) is 0 Å². The highest BCUT2D eigenvalue weighted by atomic mass is 79.9. The third-order valence-electron chi connectivity index (χ3n) is 2.94. The fourth-order valence-electron chi connectivity index (χ4n) is 1.93. The van der Waals surface area contributed by atoms with Crippen molar-refractivity contribution in [2.75, 3.05) is 5.73 Å². The molecule has 3 aromatic rings. The minimum Gasteiger partial charge on any atom is -0.397 e. The molecular weight excluding hydrogens is 356 g/mol. The summed E-state index contributed by atoms with van der Waals surface area (Å²) in [6.45, 7) is 0.505. The smallest absolute Gasteiger partial charge is 0.263 e. The van der Waals surface area contributed by atoms with Gasteiger partial charge in [-0.25, -0.2) is 0 Å². The van der Waals surface area contributed by atoms with E-state index in [0.29, 0.717) is 17.1 Å². The largest absolute Gasteiger partial charge is 0.397 e. The summed E-state index contributed by atoms with van der Waals surface area (Å²) in [5.74, 6) is -0.121. The number of fused-ring (bicyclic) bond motifs is 1. The SMILES string of the molecule is Nc1c(C(=O)NCc2sccc2Br)sc2ccccc12. The molecule has 3 N–H and O–H groups in total. The number of carbonyl (C=O) groups excluding carboxylic acids is 1. The summed E-state index contributed by atoms with van der Waals surface area (Å²) in [6, 6.07) is 9.76. The Kier molecular flexibility index (Phi) is 3.78. The molecule has 3 rings (SSSR count). The number of thiophene rings is 2. The predicted molar refractivity (Wildman–Crippen MR) is 89.4 cm³/mol. The molecule has 0 fully saturated rings. The van der Waals surface area contributed by atoms with Crippen molar-refractivity contribution in [2.24, 2.45) is 0 Å². The first kappa shape index (κ1) is 13.6. The van der Waals surface area contributed by atoms with E-state index in [-0.39, 0.29) is 5.91 Å². The first-order valence-corrected chi connectivity index (χ1v) is 8.43. The topological polar surface area (TPSA) is 55.1 Å². The second-order valence-corrected chi connectivity index (χ2v) is 7.12. The van der Waals surface area contributed by atoms with Crippen LogP contribution in [-0.2, 0) is 6.54 Å². The predicted octanol–water partition coefficient (Wildman–Crippen LogP) is 4.24. The van der Waals surface area contributed by atoms with E-state index in [1.807, 2.05) is 35.7 Å². The Morgan fingerprint density at radius 1 is 1.30 bits per heavy atom. The van der Waals surface area contributed by atoms with E-state index >= 15 is 0 Å². The van der Waals surface area contributed by atoms with E-state index in [1.165, 1.54) is 11.3 Å². The molecule has 0 aliphatic rings. The van der Waals surface area contributed by atoms with Gasteiger partial charge >= 0.3 is 0 Å². The number of rotatable bonds is 3. The van der Waals surface area contributed by atoms with Crippen molar-refractivity contribution in [3.63, 3.8) is 0 Å². The Balaban J connectivity index is 1.82. The van der Waals surface area contributed by atoms with Gasteiger partial charge in [0.1, 0.15) is 4.88 Å². The number of anilines is 1. The van der Waals surface area contributed by atoms with Crippen LogP contribution in [0.3, 0.4) is 0 Å². The van der Waals surface area contributed by atoms with Gasteiger partial charge in [-0.05, 0) is 33.4 Å². The Morgan fingerprint density at radius 3 is 2.80 bits per heavy atom. The summed E-state index contributed by atoms with van der Waals surface area (Å²) in [6.07, 6.45) is 0.